The Morgan fingerprint density at radius 3 is 2.41 bits per heavy atom. The minimum atomic E-state index is -0.134. The molecule has 0 atom stereocenters. The van der Waals surface area contributed by atoms with Gasteiger partial charge in [-0.1, -0.05) is 77.0 Å². The molecule has 5 rings (SSSR count). The number of carbonyl (C=O) groups is 1. The normalized spacial score (nSPS) is 16.7. The maximum absolute atomic E-state index is 13.0. The van der Waals surface area contributed by atoms with E-state index in [1.165, 1.54) is 45.8 Å². The van der Waals surface area contributed by atoms with Crippen LogP contribution in [0.15, 0.2) is 35.1 Å². The Hall–Kier alpha value is -2.18. The van der Waals surface area contributed by atoms with Crippen LogP contribution in [0.3, 0.4) is 0 Å². The van der Waals surface area contributed by atoms with Gasteiger partial charge in [0.1, 0.15) is 23.9 Å². The van der Waals surface area contributed by atoms with E-state index in [9.17, 15) is 9.59 Å². The molecule has 1 aromatic carbocycles. The first kappa shape index (κ1) is 21.7. The van der Waals surface area contributed by atoms with Crippen LogP contribution in [0.25, 0.3) is 31.2 Å². The lowest BCUT2D eigenvalue weighted by Gasteiger charge is -2.09. The van der Waals surface area contributed by atoms with Crippen molar-refractivity contribution in [3.63, 3.8) is 0 Å². The fraction of sp³-hybridized carbons (Fsp3) is 0.190. The summed E-state index contributed by atoms with van der Waals surface area (Å²) in [6.45, 7) is 4.78. The number of thiocarbonyl (C=S) groups is 1. The molecule has 0 radical (unpaired) electrons. The van der Waals surface area contributed by atoms with Gasteiger partial charge in [-0.2, -0.15) is 0 Å². The van der Waals surface area contributed by atoms with Crippen LogP contribution in [-0.4, -0.2) is 36.2 Å². The number of rotatable bonds is 4. The number of aromatic nitrogens is 3. The van der Waals surface area contributed by atoms with Crippen molar-refractivity contribution in [3.8, 4) is 10.6 Å². The van der Waals surface area contributed by atoms with E-state index in [1.54, 1.807) is 15.5 Å². The van der Waals surface area contributed by atoms with Crippen molar-refractivity contribution in [1.82, 2.24) is 19.4 Å². The first-order valence-corrected chi connectivity index (χ1v) is 13.5. The van der Waals surface area contributed by atoms with Gasteiger partial charge in [-0.3, -0.25) is 19.1 Å². The van der Waals surface area contributed by atoms with Crippen molar-refractivity contribution in [2.75, 3.05) is 6.54 Å². The van der Waals surface area contributed by atoms with Gasteiger partial charge in [0.2, 0.25) is 0 Å². The molecule has 6 nitrogen and oxygen atoms in total. The van der Waals surface area contributed by atoms with E-state index in [0.717, 1.165) is 25.2 Å². The second kappa shape index (κ2) is 8.64. The van der Waals surface area contributed by atoms with Crippen LogP contribution in [0.2, 0.25) is 0 Å². The summed E-state index contributed by atoms with van der Waals surface area (Å²) in [5.74, 6) is -0.134. The van der Waals surface area contributed by atoms with Crippen LogP contribution in [0.4, 0.5) is 0 Å². The van der Waals surface area contributed by atoms with Gasteiger partial charge in [0.25, 0.3) is 11.5 Å². The predicted molar refractivity (Wildman–Crippen MR) is 139 cm³/mol. The number of hydrogen-bond acceptors (Lipinski definition) is 9. The van der Waals surface area contributed by atoms with Crippen molar-refractivity contribution >= 4 is 88.9 Å². The maximum Gasteiger partial charge on any atom is 0.269 e. The highest BCUT2D eigenvalue weighted by molar-refractivity contribution is 8.30. The highest BCUT2D eigenvalue weighted by atomic mass is 32.2. The van der Waals surface area contributed by atoms with Gasteiger partial charge in [0.05, 0.1) is 4.53 Å². The molecule has 0 saturated carbocycles. The smallest absolute Gasteiger partial charge is 0.269 e. The summed E-state index contributed by atoms with van der Waals surface area (Å²) in [5.41, 5.74) is 0.947. The van der Waals surface area contributed by atoms with E-state index < -0.39 is 0 Å². The van der Waals surface area contributed by atoms with Crippen LogP contribution in [0.1, 0.15) is 18.9 Å². The number of thiazole rings is 3. The molecule has 1 amide bonds. The highest BCUT2D eigenvalue weighted by Gasteiger charge is 2.32. The molecule has 4 heterocycles. The monoisotopic (exact) mass is 516 g/mol. The first-order chi connectivity index (χ1) is 15.5. The molecule has 4 aromatic rings. The third-order valence-electron chi connectivity index (χ3n) is 4.85. The van der Waals surface area contributed by atoms with Gasteiger partial charge in [-0.25, -0.2) is 9.97 Å². The van der Waals surface area contributed by atoms with Crippen molar-refractivity contribution in [1.29, 1.82) is 0 Å². The Kier molecular flexibility index (Phi) is 5.84. The molecule has 1 aliphatic rings. The van der Waals surface area contributed by atoms with E-state index >= 15 is 0 Å². The zero-order chi connectivity index (χ0) is 22.4. The predicted octanol–water partition coefficient (Wildman–Crippen LogP) is 3.48. The van der Waals surface area contributed by atoms with Crippen molar-refractivity contribution < 1.29 is 4.79 Å². The number of thioether (sulfide) groups is 1. The number of amides is 1. The van der Waals surface area contributed by atoms with Gasteiger partial charge in [0, 0.05) is 18.7 Å². The number of nitrogens with zero attached hydrogens (tertiary/aromatic N) is 4. The summed E-state index contributed by atoms with van der Waals surface area (Å²) in [5, 5.41) is 1.66. The second-order valence-electron chi connectivity index (χ2n) is 6.76. The average molecular weight is 517 g/mol. The second-order valence-corrected chi connectivity index (χ2v) is 11.4. The number of carbonyl (C=O) groups excluding carboxylic acids is 1. The Bertz CT molecular complexity index is 1510. The van der Waals surface area contributed by atoms with Gasteiger partial charge in [-0.05, 0) is 19.9 Å². The molecule has 0 N–H and O–H groups in total. The number of fused-ring (bicyclic) bond motifs is 1. The highest BCUT2D eigenvalue weighted by Crippen LogP contribution is 2.33. The van der Waals surface area contributed by atoms with E-state index in [-0.39, 0.29) is 11.5 Å². The van der Waals surface area contributed by atoms with Crippen LogP contribution in [0.5, 0.6) is 0 Å². The summed E-state index contributed by atoms with van der Waals surface area (Å²) >= 11 is 10.9. The zero-order valence-corrected chi connectivity index (χ0v) is 21.1. The van der Waals surface area contributed by atoms with Gasteiger partial charge in [0.15, 0.2) is 9.66 Å². The standard InChI is InChI=1S/C21H16N4O2S5/c1-3-24-18(26)12(29-20(24)14-19(27)25(4-2)21(28)31-14)10-13-22-16-17(30-13)23-15(32-16)11-8-6-5-7-9-11/h5-10H,3-4H2,1-2H3/b12-10+,20-14+. The molecule has 32 heavy (non-hydrogen) atoms. The van der Waals surface area contributed by atoms with Crippen LogP contribution < -0.4 is 14.8 Å². The molecule has 1 saturated heterocycles. The molecule has 0 aliphatic carbocycles. The lowest BCUT2D eigenvalue weighted by Crippen LogP contribution is -2.33. The van der Waals surface area contributed by atoms with E-state index in [1.807, 2.05) is 44.2 Å². The fourth-order valence-corrected chi connectivity index (χ4v) is 8.07. The third kappa shape index (κ3) is 3.67. The zero-order valence-electron chi connectivity index (χ0n) is 17.0. The lowest BCUT2D eigenvalue weighted by atomic mass is 10.2. The molecule has 1 fully saturated rings. The van der Waals surface area contributed by atoms with Crippen LogP contribution >= 0.6 is 58.0 Å². The number of hydrogen-bond donors (Lipinski definition) is 0. The van der Waals surface area contributed by atoms with E-state index in [0.29, 0.717) is 31.5 Å². The fourth-order valence-electron chi connectivity index (χ4n) is 3.31. The quantitative estimate of drug-likeness (QED) is 0.387. The third-order valence-corrected chi connectivity index (χ3v) is 9.57. The maximum atomic E-state index is 13.0. The summed E-state index contributed by atoms with van der Waals surface area (Å²) in [6, 6.07) is 10.0. The summed E-state index contributed by atoms with van der Waals surface area (Å²) < 4.78 is 3.37. The Balaban J connectivity index is 1.59. The summed E-state index contributed by atoms with van der Waals surface area (Å²) in [6.07, 6.45) is 1.80. The lowest BCUT2D eigenvalue weighted by molar-refractivity contribution is -0.120. The van der Waals surface area contributed by atoms with Crippen LogP contribution in [-0.2, 0) is 11.3 Å². The molecule has 3 aromatic heterocycles. The SMILES string of the molecule is CCN1C(=O)/C(=c2\s/c(=C/c3nc4sc(-c5ccccc5)nc4s3)c(=O)n2CC)SC1=S. The molecule has 1 aliphatic heterocycles. The first-order valence-electron chi connectivity index (χ1n) is 9.82. The van der Waals surface area contributed by atoms with Crippen LogP contribution in [0, 0.1) is 0 Å². The van der Waals surface area contributed by atoms with Crippen molar-refractivity contribution in [2.24, 2.45) is 0 Å². The van der Waals surface area contributed by atoms with Gasteiger partial charge in [-0.15, -0.1) is 11.3 Å². The van der Waals surface area contributed by atoms with Gasteiger partial charge >= 0.3 is 0 Å². The molecule has 0 bridgehead atoms. The topological polar surface area (TPSA) is 68.1 Å². The van der Waals surface area contributed by atoms with Gasteiger partial charge < -0.3 is 0 Å². The molecule has 162 valence electrons. The summed E-state index contributed by atoms with van der Waals surface area (Å²) in [7, 11) is 0. The Labute approximate surface area is 204 Å². The minimum Gasteiger partial charge on any atom is -0.298 e. The largest absolute Gasteiger partial charge is 0.298 e. The molecular formula is C21H16N4O2S5. The molecule has 0 spiro atoms. The van der Waals surface area contributed by atoms with Crippen molar-refractivity contribution in [3.05, 3.63) is 54.9 Å². The molecule has 11 heteroatoms. The Morgan fingerprint density at radius 2 is 1.75 bits per heavy atom. The molecular weight excluding hydrogens is 501 g/mol. The number of benzene rings is 1. The van der Waals surface area contributed by atoms with E-state index in [4.69, 9.17) is 17.2 Å². The molecule has 0 unspecified atom stereocenters. The minimum absolute atomic E-state index is 0.120. The average Bonchev–Trinajstić information content (AvgIpc) is 3.50. The Morgan fingerprint density at radius 1 is 1.00 bits per heavy atom. The summed E-state index contributed by atoms with van der Waals surface area (Å²) in [4.78, 5) is 39.0. The van der Waals surface area contributed by atoms with Crippen molar-refractivity contribution in [2.45, 2.75) is 20.4 Å². The van der Waals surface area contributed by atoms with E-state index in [2.05, 4.69) is 4.98 Å².